The highest BCUT2D eigenvalue weighted by atomic mass is 16.2. The van der Waals surface area contributed by atoms with Crippen molar-refractivity contribution in [3.63, 3.8) is 0 Å². The van der Waals surface area contributed by atoms with Crippen LogP contribution in [0.15, 0.2) is 55.0 Å². The van der Waals surface area contributed by atoms with Gasteiger partial charge in [0.2, 0.25) is 5.91 Å². The van der Waals surface area contributed by atoms with Gasteiger partial charge >= 0.3 is 0 Å². The zero-order valence-electron chi connectivity index (χ0n) is 17.9. The first-order valence-corrected chi connectivity index (χ1v) is 11.2. The molecule has 1 spiro atoms. The number of amides is 1. The van der Waals surface area contributed by atoms with Gasteiger partial charge in [0.25, 0.3) is 0 Å². The van der Waals surface area contributed by atoms with Crippen LogP contribution in [0.1, 0.15) is 48.7 Å². The normalized spacial score (nSPS) is 20.4. The van der Waals surface area contributed by atoms with E-state index in [4.69, 9.17) is 0 Å². The number of fused-ring (bicyclic) bond motifs is 2. The molecule has 1 saturated heterocycles. The number of aromatic nitrogens is 3. The smallest absolute Gasteiger partial charge is 0.242 e. The number of pyridine rings is 1. The Morgan fingerprint density at radius 1 is 1.06 bits per heavy atom. The van der Waals surface area contributed by atoms with E-state index in [-0.39, 0.29) is 5.91 Å². The second-order valence-corrected chi connectivity index (χ2v) is 9.19. The Bertz CT molecular complexity index is 1120. The van der Waals surface area contributed by atoms with Crippen LogP contribution in [0.3, 0.4) is 0 Å². The van der Waals surface area contributed by atoms with Gasteiger partial charge < -0.3 is 4.57 Å². The molecular formula is C25H27N5O. The number of likely N-dealkylation sites (tertiary alicyclic amines) is 1. The van der Waals surface area contributed by atoms with E-state index in [0.717, 1.165) is 55.4 Å². The van der Waals surface area contributed by atoms with E-state index in [0.29, 0.717) is 5.92 Å². The second kappa shape index (κ2) is 7.02. The number of nitrogens with zero attached hydrogens (tertiary/aromatic N) is 5. The highest BCUT2D eigenvalue weighted by Gasteiger charge is 2.52. The van der Waals surface area contributed by atoms with E-state index in [2.05, 4.69) is 49.8 Å². The maximum atomic E-state index is 13.9. The molecule has 1 saturated carbocycles. The highest BCUT2D eigenvalue weighted by Crippen LogP contribution is 2.50. The van der Waals surface area contributed by atoms with Crippen molar-refractivity contribution >= 4 is 17.3 Å². The molecule has 1 amide bonds. The van der Waals surface area contributed by atoms with Crippen LogP contribution in [0.2, 0.25) is 0 Å². The van der Waals surface area contributed by atoms with Crippen molar-refractivity contribution in [1.29, 1.82) is 0 Å². The van der Waals surface area contributed by atoms with Gasteiger partial charge in [-0.2, -0.15) is 0 Å². The number of carbonyl (C=O) groups excluding carboxylic acids is 1. The molecule has 1 aliphatic carbocycles. The van der Waals surface area contributed by atoms with Crippen molar-refractivity contribution in [3.05, 3.63) is 72.1 Å². The minimum atomic E-state index is -0.441. The molecule has 6 rings (SSSR count). The lowest BCUT2D eigenvalue weighted by atomic mass is 9.73. The van der Waals surface area contributed by atoms with Crippen LogP contribution in [-0.2, 0) is 23.8 Å². The van der Waals surface area contributed by atoms with Gasteiger partial charge in [-0.15, -0.1) is 0 Å². The molecule has 6 nitrogen and oxygen atoms in total. The Balaban J connectivity index is 1.28. The molecule has 0 unspecified atom stereocenters. The quantitative estimate of drug-likeness (QED) is 0.651. The Hall–Kier alpha value is -2.99. The van der Waals surface area contributed by atoms with E-state index in [1.165, 1.54) is 18.4 Å². The van der Waals surface area contributed by atoms with E-state index < -0.39 is 5.41 Å². The Morgan fingerprint density at radius 3 is 2.55 bits per heavy atom. The number of para-hydroxylation sites is 1. The van der Waals surface area contributed by atoms with Gasteiger partial charge in [0.05, 0.1) is 29.5 Å². The monoisotopic (exact) mass is 413 g/mol. The maximum Gasteiger partial charge on any atom is 0.242 e. The first kappa shape index (κ1) is 18.8. The van der Waals surface area contributed by atoms with Crippen LogP contribution in [0, 0.1) is 0 Å². The number of imidazole rings is 1. The minimum Gasteiger partial charge on any atom is -0.337 e. The number of rotatable bonds is 4. The number of benzene rings is 1. The van der Waals surface area contributed by atoms with Crippen LogP contribution in [0.25, 0.3) is 0 Å². The van der Waals surface area contributed by atoms with E-state index in [1.807, 2.05) is 36.6 Å². The van der Waals surface area contributed by atoms with Gasteiger partial charge in [0, 0.05) is 31.1 Å². The molecule has 0 bridgehead atoms. The summed E-state index contributed by atoms with van der Waals surface area (Å²) in [5.74, 6) is 1.88. The molecule has 6 heteroatoms. The van der Waals surface area contributed by atoms with Crippen molar-refractivity contribution < 1.29 is 4.79 Å². The number of hydrogen-bond donors (Lipinski definition) is 0. The molecule has 1 aromatic carbocycles. The van der Waals surface area contributed by atoms with Gasteiger partial charge in [-0.1, -0.05) is 18.2 Å². The summed E-state index contributed by atoms with van der Waals surface area (Å²) < 4.78 is 2.07. The summed E-state index contributed by atoms with van der Waals surface area (Å²) in [4.78, 5) is 27.4. The Kier molecular flexibility index (Phi) is 4.25. The topological polar surface area (TPSA) is 54.3 Å². The van der Waals surface area contributed by atoms with Crippen LogP contribution >= 0.6 is 0 Å². The number of carbonyl (C=O) groups is 1. The first-order chi connectivity index (χ1) is 15.2. The van der Waals surface area contributed by atoms with Crippen LogP contribution in [0.4, 0.5) is 11.4 Å². The third-order valence-electron chi connectivity index (χ3n) is 7.29. The van der Waals surface area contributed by atoms with Gasteiger partial charge in [-0.25, -0.2) is 4.98 Å². The second-order valence-electron chi connectivity index (χ2n) is 9.19. The van der Waals surface area contributed by atoms with E-state index in [9.17, 15) is 4.79 Å². The molecule has 0 N–H and O–H groups in total. The summed E-state index contributed by atoms with van der Waals surface area (Å²) in [5, 5.41) is 0. The highest BCUT2D eigenvalue weighted by molar-refractivity contribution is 6.13. The first-order valence-electron chi connectivity index (χ1n) is 11.2. The van der Waals surface area contributed by atoms with Crippen molar-refractivity contribution in [2.24, 2.45) is 7.05 Å². The van der Waals surface area contributed by atoms with Crippen LogP contribution in [-0.4, -0.2) is 38.4 Å². The third kappa shape index (κ3) is 3.00. The molecule has 158 valence electrons. The van der Waals surface area contributed by atoms with Crippen molar-refractivity contribution in [2.45, 2.75) is 43.6 Å². The standard InChI is InChI=1S/C25H27N5O/c1-28-15-12-26-23(28)17-29-13-10-25(11-14-29)20-4-2-3-5-22(20)30(24(25)31)19-8-9-21(27-16-19)18-6-7-18/h2-5,8-9,12,15-16,18H,6-7,10-11,13-14,17H2,1H3. The van der Waals surface area contributed by atoms with E-state index in [1.54, 1.807) is 0 Å². The fourth-order valence-corrected chi connectivity index (χ4v) is 5.24. The molecule has 3 aromatic rings. The molecule has 3 aliphatic rings. The number of anilines is 2. The van der Waals surface area contributed by atoms with Gasteiger partial charge in [-0.3, -0.25) is 19.6 Å². The van der Waals surface area contributed by atoms with Crippen LogP contribution < -0.4 is 4.90 Å². The Morgan fingerprint density at radius 2 is 1.87 bits per heavy atom. The average Bonchev–Trinajstić information content (AvgIpc) is 3.54. The third-order valence-corrected chi connectivity index (χ3v) is 7.29. The molecule has 31 heavy (non-hydrogen) atoms. The van der Waals surface area contributed by atoms with Gasteiger partial charge in [0.1, 0.15) is 5.82 Å². The lowest BCUT2D eigenvalue weighted by Crippen LogP contribution is -2.47. The van der Waals surface area contributed by atoms with Gasteiger partial charge in [0.15, 0.2) is 0 Å². The summed E-state index contributed by atoms with van der Waals surface area (Å²) in [7, 11) is 2.03. The summed E-state index contributed by atoms with van der Waals surface area (Å²) >= 11 is 0. The molecule has 4 heterocycles. The summed E-state index contributed by atoms with van der Waals surface area (Å²) in [6.45, 7) is 2.60. The Labute approximate surface area is 182 Å². The van der Waals surface area contributed by atoms with Crippen molar-refractivity contribution in [1.82, 2.24) is 19.4 Å². The lowest BCUT2D eigenvalue weighted by Gasteiger charge is -2.38. The molecule has 0 radical (unpaired) electrons. The molecule has 2 aromatic heterocycles. The van der Waals surface area contributed by atoms with Crippen molar-refractivity contribution in [3.8, 4) is 0 Å². The molecule has 0 atom stereocenters. The van der Waals surface area contributed by atoms with Crippen LogP contribution in [0.5, 0.6) is 0 Å². The molecule has 2 fully saturated rings. The average molecular weight is 414 g/mol. The summed E-state index contributed by atoms with van der Waals surface area (Å²) in [6.07, 6.45) is 9.84. The maximum absolute atomic E-state index is 13.9. The fourth-order valence-electron chi connectivity index (χ4n) is 5.24. The lowest BCUT2D eigenvalue weighted by molar-refractivity contribution is -0.124. The summed E-state index contributed by atoms with van der Waals surface area (Å²) in [6, 6.07) is 12.5. The zero-order valence-corrected chi connectivity index (χ0v) is 17.9. The predicted molar refractivity (Wildman–Crippen MR) is 119 cm³/mol. The zero-order chi connectivity index (χ0) is 21.0. The SMILES string of the molecule is Cn1ccnc1CN1CCC2(CC1)C(=O)N(c1ccc(C3CC3)nc1)c1ccccc12. The predicted octanol–water partition coefficient (Wildman–Crippen LogP) is 3.90. The number of piperidine rings is 1. The molecule has 2 aliphatic heterocycles. The fraction of sp³-hybridized carbons (Fsp3) is 0.400. The van der Waals surface area contributed by atoms with Gasteiger partial charge in [-0.05, 0) is 62.5 Å². The largest absolute Gasteiger partial charge is 0.337 e. The minimum absolute atomic E-state index is 0.200. The number of aryl methyl sites for hydroxylation is 1. The van der Waals surface area contributed by atoms with E-state index >= 15 is 0 Å². The molecular weight excluding hydrogens is 386 g/mol. The van der Waals surface area contributed by atoms with Crippen molar-refractivity contribution in [2.75, 3.05) is 18.0 Å². The summed E-state index contributed by atoms with van der Waals surface area (Å²) in [5.41, 5.74) is 3.79. The number of hydrogen-bond acceptors (Lipinski definition) is 4.